The maximum atomic E-state index is 12.5. The number of carboxylic acid groups (broad SMARTS) is 1. The molecule has 1 aliphatic carbocycles. The molecular formula is C17H20N6O3. The van der Waals surface area contributed by atoms with Crippen molar-refractivity contribution < 1.29 is 9.90 Å². The summed E-state index contributed by atoms with van der Waals surface area (Å²) >= 11 is 0. The molecule has 0 atom stereocenters. The lowest BCUT2D eigenvalue weighted by Gasteiger charge is -2.21. The average Bonchev–Trinajstić information content (AvgIpc) is 3.28. The van der Waals surface area contributed by atoms with Gasteiger partial charge < -0.3 is 5.11 Å². The second-order valence-corrected chi connectivity index (χ2v) is 6.76. The minimum absolute atomic E-state index is 0.0240. The molecule has 0 spiro atoms. The van der Waals surface area contributed by atoms with Crippen molar-refractivity contribution in [3.05, 3.63) is 34.5 Å². The van der Waals surface area contributed by atoms with Crippen LogP contribution in [0.3, 0.4) is 0 Å². The molecule has 1 fully saturated rings. The van der Waals surface area contributed by atoms with Crippen molar-refractivity contribution in [2.24, 2.45) is 5.92 Å². The summed E-state index contributed by atoms with van der Waals surface area (Å²) in [6.07, 6.45) is 11.5. The van der Waals surface area contributed by atoms with E-state index in [1.54, 1.807) is 10.9 Å². The number of aryl methyl sites for hydroxylation is 1. The molecule has 0 unspecified atom stereocenters. The molecular weight excluding hydrogens is 336 g/mol. The molecule has 26 heavy (non-hydrogen) atoms. The highest BCUT2D eigenvalue weighted by molar-refractivity contribution is 5.87. The molecule has 2 N–H and O–H groups in total. The topological polar surface area (TPSA) is 119 Å². The zero-order chi connectivity index (χ0) is 18.1. The van der Waals surface area contributed by atoms with E-state index < -0.39 is 5.97 Å². The summed E-state index contributed by atoms with van der Waals surface area (Å²) in [5.74, 6) is -0.218. The molecule has 136 valence electrons. The third kappa shape index (κ3) is 3.12. The molecule has 1 saturated carbocycles. The van der Waals surface area contributed by atoms with Gasteiger partial charge in [0.1, 0.15) is 5.52 Å². The van der Waals surface area contributed by atoms with Gasteiger partial charge in [-0.3, -0.25) is 14.5 Å². The van der Waals surface area contributed by atoms with Crippen LogP contribution >= 0.6 is 0 Å². The Hall–Kier alpha value is -2.97. The SMILES string of the molecule is O=C(O)c1cnn(-c2nc3cnn(CCC4CCCCC4)c3c(=O)[nH]2)c1. The summed E-state index contributed by atoms with van der Waals surface area (Å²) in [5.41, 5.74) is 0.629. The number of aromatic carboxylic acids is 1. The minimum Gasteiger partial charge on any atom is -0.478 e. The summed E-state index contributed by atoms with van der Waals surface area (Å²) in [5, 5.41) is 17.2. The molecule has 3 aromatic heterocycles. The second kappa shape index (κ2) is 6.74. The zero-order valence-electron chi connectivity index (χ0n) is 14.3. The van der Waals surface area contributed by atoms with Gasteiger partial charge in [0, 0.05) is 12.7 Å². The van der Waals surface area contributed by atoms with Crippen LogP contribution in [0.4, 0.5) is 0 Å². The number of hydrogen-bond acceptors (Lipinski definition) is 5. The van der Waals surface area contributed by atoms with E-state index in [1.165, 1.54) is 49.2 Å². The van der Waals surface area contributed by atoms with Crippen molar-refractivity contribution in [3.63, 3.8) is 0 Å². The second-order valence-electron chi connectivity index (χ2n) is 6.76. The summed E-state index contributed by atoms with van der Waals surface area (Å²) in [6, 6.07) is 0. The van der Waals surface area contributed by atoms with Crippen molar-refractivity contribution in [1.29, 1.82) is 0 Å². The van der Waals surface area contributed by atoms with Crippen LogP contribution in [-0.4, -0.2) is 40.6 Å². The Morgan fingerprint density at radius 1 is 1.23 bits per heavy atom. The summed E-state index contributed by atoms with van der Waals surface area (Å²) in [4.78, 5) is 30.5. The van der Waals surface area contributed by atoms with E-state index in [0.29, 0.717) is 23.5 Å². The molecule has 0 bridgehead atoms. The van der Waals surface area contributed by atoms with Gasteiger partial charge in [0.2, 0.25) is 5.95 Å². The number of fused-ring (bicyclic) bond motifs is 1. The van der Waals surface area contributed by atoms with Crippen LogP contribution in [0.5, 0.6) is 0 Å². The Bertz CT molecular complexity index is 996. The van der Waals surface area contributed by atoms with Gasteiger partial charge in [0.05, 0.1) is 18.0 Å². The maximum absolute atomic E-state index is 12.5. The first-order valence-corrected chi connectivity index (χ1v) is 8.86. The third-order valence-corrected chi connectivity index (χ3v) is 5.01. The van der Waals surface area contributed by atoms with Gasteiger partial charge in [0.15, 0.2) is 5.52 Å². The van der Waals surface area contributed by atoms with Crippen molar-refractivity contribution >= 4 is 17.0 Å². The van der Waals surface area contributed by atoms with Crippen LogP contribution in [0, 0.1) is 5.92 Å². The van der Waals surface area contributed by atoms with Gasteiger partial charge in [-0.25, -0.2) is 14.5 Å². The first kappa shape index (κ1) is 16.5. The zero-order valence-corrected chi connectivity index (χ0v) is 14.3. The van der Waals surface area contributed by atoms with Gasteiger partial charge >= 0.3 is 5.97 Å². The van der Waals surface area contributed by atoms with Crippen LogP contribution in [0.1, 0.15) is 48.9 Å². The molecule has 0 amide bonds. The maximum Gasteiger partial charge on any atom is 0.338 e. The number of carbonyl (C=O) groups is 1. The number of aromatic nitrogens is 6. The molecule has 0 aliphatic heterocycles. The molecule has 9 heteroatoms. The fourth-order valence-corrected chi connectivity index (χ4v) is 3.60. The molecule has 1 aliphatic rings. The van der Waals surface area contributed by atoms with E-state index in [1.807, 2.05) is 0 Å². The summed E-state index contributed by atoms with van der Waals surface area (Å²) in [7, 11) is 0. The van der Waals surface area contributed by atoms with E-state index in [2.05, 4.69) is 20.2 Å². The lowest BCUT2D eigenvalue weighted by atomic mass is 9.87. The van der Waals surface area contributed by atoms with Crippen molar-refractivity contribution in [2.45, 2.75) is 45.1 Å². The molecule has 0 aromatic carbocycles. The molecule has 3 heterocycles. The van der Waals surface area contributed by atoms with Crippen molar-refractivity contribution in [1.82, 2.24) is 29.5 Å². The Balaban J connectivity index is 1.60. The van der Waals surface area contributed by atoms with Crippen LogP contribution < -0.4 is 5.56 Å². The number of carboxylic acids is 1. The smallest absolute Gasteiger partial charge is 0.338 e. The first-order chi connectivity index (χ1) is 12.6. The fourth-order valence-electron chi connectivity index (χ4n) is 3.60. The number of hydrogen-bond donors (Lipinski definition) is 2. The minimum atomic E-state index is -1.09. The highest BCUT2D eigenvalue weighted by Gasteiger charge is 2.16. The van der Waals surface area contributed by atoms with E-state index in [0.717, 1.165) is 6.42 Å². The number of rotatable bonds is 5. The molecule has 9 nitrogen and oxygen atoms in total. The lowest BCUT2D eigenvalue weighted by molar-refractivity contribution is 0.0697. The van der Waals surface area contributed by atoms with Gasteiger partial charge in [-0.05, 0) is 12.3 Å². The van der Waals surface area contributed by atoms with E-state index in [4.69, 9.17) is 5.11 Å². The predicted octanol–water partition coefficient (Wildman–Crippen LogP) is 1.97. The highest BCUT2D eigenvalue weighted by atomic mass is 16.4. The van der Waals surface area contributed by atoms with Gasteiger partial charge in [-0.1, -0.05) is 32.1 Å². The summed E-state index contributed by atoms with van der Waals surface area (Å²) < 4.78 is 2.95. The number of aromatic amines is 1. The monoisotopic (exact) mass is 356 g/mol. The predicted molar refractivity (Wildman–Crippen MR) is 93.4 cm³/mol. The van der Waals surface area contributed by atoms with Crippen LogP contribution in [0.2, 0.25) is 0 Å². The summed E-state index contributed by atoms with van der Waals surface area (Å²) in [6.45, 7) is 0.698. The van der Waals surface area contributed by atoms with Crippen LogP contribution in [0.15, 0.2) is 23.4 Å². The van der Waals surface area contributed by atoms with E-state index in [9.17, 15) is 9.59 Å². The number of nitrogens with one attached hydrogen (secondary N) is 1. The first-order valence-electron chi connectivity index (χ1n) is 8.86. The van der Waals surface area contributed by atoms with Gasteiger partial charge in [-0.15, -0.1) is 0 Å². The number of H-pyrrole nitrogens is 1. The van der Waals surface area contributed by atoms with Gasteiger partial charge in [-0.2, -0.15) is 10.2 Å². The number of nitrogens with zero attached hydrogens (tertiary/aromatic N) is 5. The largest absolute Gasteiger partial charge is 0.478 e. The fraction of sp³-hybridized carbons (Fsp3) is 0.471. The van der Waals surface area contributed by atoms with Crippen LogP contribution in [-0.2, 0) is 6.54 Å². The van der Waals surface area contributed by atoms with E-state index in [-0.39, 0.29) is 17.1 Å². The Morgan fingerprint density at radius 2 is 2.04 bits per heavy atom. The highest BCUT2D eigenvalue weighted by Crippen LogP contribution is 2.26. The molecule has 3 aromatic rings. The van der Waals surface area contributed by atoms with Crippen LogP contribution in [0.25, 0.3) is 17.0 Å². The quantitative estimate of drug-likeness (QED) is 0.721. The lowest BCUT2D eigenvalue weighted by Crippen LogP contribution is -2.18. The molecule has 0 radical (unpaired) electrons. The molecule has 0 saturated heterocycles. The third-order valence-electron chi connectivity index (χ3n) is 5.01. The molecule has 4 rings (SSSR count). The van der Waals surface area contributed by atoms with Gasteiger partial charge in [0.25, 0.3) is 5.56 Å². The van der Waals surface area contributed by atoms with Crippen molar-refractivity contribution in [3.8, 4) is 5.95 Å². The van der Waals surface area contributed by atoms with E-state index >= 15 is 0 Å². The van der Waals surface area contributed by atoms with Crippen molar-refractivity contribution in [2.75, 3.05) is 0 Å². The standard InChI is InChI=1S/C17H20N6O3/c24-15-14-13(9-19-22(14)7-6-11-4-2-1-3-5-11)20-17(21-15)23-10-12(8-18-23)16(25)26/h8-11H,1-7H2,(H,25,26)(H,20,21,24). The Morgan fingerprint density at radius 3 is 2.77 bits per heavy atom. The Kier molecular flexibility index (Phi) is 4.27. The Labute approximate surface area is 148 Å². The normalized spacial score (nSPS) is 15.5. The average molecular weight is 356 g/mol.